The third kappa shape index (κ3) is 4.66. The highest BCUT2D eigenvalue weighted by atomic mass is 28.4. The third-order valence-corrected chi connectivity index (χ3v) is 10.5. The Kier molecular flexibility index (Phi) is 6.68. The van der Waals surface area contributed by atoms with E-state index in [0.29, 0.717) is 0 Å². The molecule has 29 heavy (non-hydrogen) atoms. The Labute approximate surface area is 174 Å². The summed E-state index contributed by atoms with van der Waals surface area (Å²) in [6.45, 7) is 4.34. The highest BCUT2D eigenvalue weighted by molar-refractivity contribution is 6.98. The fraction of sp³-hybridized carbons (Fsp3) is 0.280. The number of rotatable bonds is 8. The number of nitrogens with two attached hydrogens (primary N) is 1. The predicted octanol–water partition coefficient (Wildman–Crippen LogP) is 4.53. The standard InChI is InChI=1S/C25H30FNOSi/c1-25(2,19-9-14-24(27)20-15-17-21(26)18-16-20)29(28,22-10-5-3-6-11-22)23-12-7-4-8-13-23/h3-8,10-13,15-18,24,28H,9,14,19,27H2,1-2H3. The van der Waals surface area contributed by atoms with Crippen LogP contribution in [0.1, 0.15) is 44.7 Å². The second kappa shape index (κ2) is 9.03. The van der Waals surface area contributed by atoms with Crippen LogP contribution >= 0.6 is 0 Å². The molecule has 0 aromatic heterocycles. The molecule has 3 aromatic rings. The number of hydrogen-bond acceptors (Lipinski definition) is 2. The molecule has 0 aliphatic rings. The normalized spacial score (nSPS) is 13.3. The van der Waals surface area contributed by atoms with E-state index in [0.717, 1.165) is 35.2 Å². The molecule has 0 aliphatic heterocycles. The second-order valence-corrected chi connectivity index (χ2v) is 12.3. The summed E-state index contributed by atoms with van der Waals surface area (Å²) >= 11 is 0. The van der Waals surface area contributed by atoms with Gasteiger partial charge in [0.05, 0.1) is 0 Å². The summed E-state index contributed by atoms with van der Waals surface area (Å²) in [5, 5.41) is 1.77. The van der Waals surface area contributed by atoms with Crippen molar-refractivity contribution in [1.82, 2.24) is 0 Å². The van der Waals surface area contributed by atoms with E-state index >= 15 is 0 Å². The molecule has 0 saturated heterocycles. The van der Waals surface area contributed by atoms with Crippen LogP contribution in [0.25, 0.3) is 0 Å². The molecule has 0 radical (unpaired) electrons. The first-order chi connectivity index (χ1) is 13.8. The summed E-state index contributed by atoms with van der Waals surface area (Å²) < 4.78 is 13.1. The zero-order chi connectivity index (χ0) is 20.9. The van der Waals surface area contributed by atoms with Crippen molar-refractivity contribution in [3.8, 4) is 0 Å². The van der Waals surface area contributed by atoms with Gasteiger partial charge in [-0.1, -0.05) is 93.1 Å². The van der Waals surface area contributed by atoms with Crippen molar-refractivity contribution in [1.29, 1.82) is 0 Å². The molecule has 0 saturated carbocycles. The van der Waals surface area contributed by atoms with Gasteiger partial charge >= 0.3 is 0 Å². The molecule has 4 heteroatoms. The molecular weight excluding hydrogens is 377 g/mol. The van der Waals surface area contributed by atoms with Crippen LogP contribution in [-0.2, 0) is 0 Å². The zero-order valence-corrected chi connectivity index (χ0v) is 18.2. The van der Waals surface area contributed by atoms with Crippen LogP contribution in [0.2, 0.25) is 5.04 Å². The van der Waals surface area contributed by atoms with Crippen LogP contribution in [0.5, 0.6) is 0 Å². The lowest BCUT2D eigenvalue weighted by Crippen LogP contribution is -2.65. The van der Waals surface area contributed by atoms with Crippen molar-refractivity contribution in [2.45, 2.75) is 44.2 Å². The van der Waals surface area contributed by atoms with Crippen LogP contribution in [0.4, 0.5) is 4.39 Å². The van der Waals surface area contributed by atoms with Gasteiger partial charge in [0.15, 0.2) is 0 Å². The minimum atomic E-state index is -2.98. The molecule has 152 valence electrons. The predicted molar refractivity (Wildman–Crippen MR) is 121 cm³/mol. The molecule has 3 N–H and O–H groups in total. The summed E-state index contributed by atoms with van der Waals surface area (Å²) in [5.74, 6) is -0.246. The van der Waals surface area contributed by atoms with Crippen molar-refractivity contribution in [2.75, 3.05) is 0 Å². The summed E-state index contributed by atoms with van der Waals surface area (Å²) in [7, 11) is -2.98. The monoisotopic (exact) mass is 407 g/mol. The fourth-order valence-electron chi connectivity index (χ4n) is 4.13. The van der Waals surface area contributed by atoms with Crippen molar-refractivity contribution in [2.24, 2.45) is 5.73 Å². The molecule has 0 aliphatic carbocycles. The first kappa shape index (κ1) is 21.4. The van der Waals surface area contributed by atoms with E-state index in [2.05, 4.69) is 13.8 Å². The summed E-state index contributed by atoms with van der Waals surface area (Å²) in [6.07, 6.45) is 2.54. The van der Waals surface area contributed by atoms with E-state index < -0.39 is 8.32 Å². The van der Waals surface area contributed by atoms with Gasteiger partial charge in [-0.3, -0.25) is 0 Å². The van der Waals surface area contributed by atoms with Gasteiger partial charge in [0, 0.05) is 6.04 Å². The molecule has 1 atom stereocenters. The number of benzene rings is 3. The van der Waals surface area contributed by atoms with Crippen LogP contribution in [0.3, 0.4) is 0 Å². The molecule has 3 aromatic carbocycles. The lowest BCUT2D eigenvalue weighted by molar-refractivity contribution is 0.442. The third-order valence-electron chi connectivity index (χ3n) is 5.98. The molecular formula is C25H30FNOSi. The van der Waals surface area contributed by atoms with Gasteiger partial charge < -0.3 is 10.5 Å². The van der Waals surface area contributed by atoms with E-state index in [4.69, 9.17) is 5.73 Å². The smallest absolute Gasteiger partial charge is 0.258 e. The Balaban J connectivity index is 1.79. The van der Waals surface area contributed by atoms with E-state index in [1.165, 1.54) is 12.1 Å². The molecule has 1 unspecified atom stereocenters. The minimum absolute atomic E-state index is 0.130. The highest BCUT2D eigenvalue weighted by Crippen LogP contribution is 2.40. The largest absolute Gasteiger partial charge is 0.424 e. The van der Waals surface area contributed by atoms with E-state index in [-0.39, 0.29) is 16.9 Å². The first-order valence-electron chi connectivity index (χ1n) is 10.2. The molecule has 0 spiro atoms. The van der Waals surface area contributed by atoms with Crippen LogP contribution in [-0.4, -0.2) is 13.1 Å². The van der Waals surface area contributed by atoms with Gasteiger partial charge in [-0.05, 0) is 45.9 Å². The second-order valence-electron chi connectivity index (χ2n) is 8.38. The van der Waals surface area contributed by atoms with Gasteiger partial charge in [0.2, 0.25) is 0 Å². The van der Waals surface area contributed by atoms with Crippen molar-refractivity contribution >= 4 is 18.7 Å². The van der Waals surface area contributed by atoms with Gasteiger partial charge in [-0.25, -0.2) is 4.39 Å². The van der Waals surface area contributed by atoms with Gasteiger partial charge in [-0.2, -0.15) is 0 Å². The van der Waals surface area contributed by atoms with E-state index in [1.54, 1.807) is 12.1 Å². The summed E-state index contributed by atoms with van der Waals surface area (Å²) in [5.41, 5.74) is 7.28. The molecule has 2 nitrogen and oxygen atoms in total. The first-order valence-corrected chi connectivity index (χ1v) is 12.1. The Hall–Kier alpha value is -2.27. The van der Waals surface area contributed by atoms with E-state index in [9.17, 15) is 9.19 Å². The lowest BCUT2D eigenvalue weighted by atomic mass is 9.98. The molecule has 0 heterocycles. The zero-order valence-electron chi connectivity index (χ0n) is 17.2. The van der Waals surface area contributed by atoms with Crippen LogP contribution < -0.4 is 16.1 Å². The van der Waals surface area contributed by atoms with Crippen LogP contribution in [0, 0.1) is 5.82 Å². The van der Waals surface area contributed by atoms with Gasteiger partial charge in [0.1, 0.15) is 5.82 Å². The maximum Gasteiger partial charge on any atom is 0.258 e. The average Bonchev–Trinajstić information content (AvgIpc) is 2.74. The Morgan fingerprint density at radius 3 is 1.83 bits per heavy atom. The number of hydrogen-bond donors (Lipinski definition) is 2. The lowest BCUT2D eigenvalue weighted by Gasteiger charge is -2.41. The topological polar surface area (TPSA) is 46.2 Å². The Morgan fingerprint density at radius 1 is 0.862 bits per heavy atom. The quantitative estimate of drug-likeness (QED) is 0.539. The van der Waals surface area contributed by atoms with Gasteiger partial charge in [-0.15, -0.1) is 0 Å². The van der Waals surface area contributed by atoms with E-state index in [1.807, 2.05) is 60.7 Å². The molecule has 0 amide bonds. The molecule has 0 fully saturated rings. The molecule has 3 rings (SSSR count). The van der Waals surface area contributed by atoms with Crippen molar-refractivity contribution < 1.29 is 9.19 Å². The SMILES string of the molecule is CC(C)(CCCC(N)c1ccc(F)cc1)[Si](O)(c1ccccc1)c1ccccc1. The highest BCUT2D eigenvalue weighted by Gasteiger charge is 2.49. The maximum absolute atomic E-state index is 13.1. The summed E-state index contributed by atoms with van der Waals surface area (Å²) in [4.78, 5) is 12.2. The Bertz CT molecular complexity index is 858. The van der Waals surface area contributed by atoms with Gasteiger partial charge in [0.25, 0.3) is 8.32 Å². The van der Waals surface area contributed by atoms with Crippen molar-refractivity contribution in [3.05, 3.63) is 96.3 Å². The van der Waals surface area contributed by atoms with Crippen molar-refractivity contribution in [3.63, 3.8) is 0 Å². The minimum Gasteiger partial charge on any atom is -0.424 e. The van der Waals surface area contributed by atoms with Crippen LogP contribution in [0.15, 0.2) is 84.9 Å². The fourth-order valence-corrected chi connectivity index (χ4v) is 7.91. The summed E-state index contributed by atoms with van der Waals surface area (Å²) in [6, 6.07) is 26.4. The maximum atomic E-state index is 13.1. The Morgan fingerprint density at radius 2 is 1.34 bits per heavy atom. The molecule has 0 bridgehead atoms. The average molecular weight is 408 g/mol. The number of halogens is 1.